The molecule has 1 unspecified atom stereocenters. The van der Waals surface area contributed by atoms with Crippen molar-refractivity contribution in [1.29, 1.82) is 0 Å². The number of nitrogens with one attached hydrogen (secondary N) is 1. The second-order valence-electron chi connectivity index (χ2n) is 6.04. The number of carbonyl (C=O) groups excluding carboxylic acids is 1. The zero-order valence-electron chi connectivity index (χ0n) is 13.9. The van der Waals surface area contributed by atoms with Crippen LogP contribution >= 0.6 is 0 Å². The zero-order valence-corrected chi connectivity index (χ0v) is 13.9. The summed E-state index contributed by atoms with van der Waals surface area (Å²) < 4.78 is 1.88. The van der Waals surface area contributed by atoms with E-state index in [1.165, 1.54) is 0 Å². The van der Waals surface area contributed by atoms with Gasteiger partial charge in [-0.15, -0.1) is 0 Å². The van der Waals surface area contributed by atoms with Crippen LogP contribution in [0.4, 0.5) is 0 Å². The number of aryl methyl sites for hydroxylation is 2. The predicted molar refractivity (Wildman–Crippen MR) is 87.8 cm³/mol. The first kappa shape index (κ1) is 17.7. The van der Waals surface area contributed by atoms with E-state index >= 15 is 0 Å². The number of carboxylic acids is 1. The van der Waals surface area contributed by atoms with E-state index in [0.29, 0.717) is 12.1 Å². The van der Waals surface area contributed by atoms with E-state index in [4.69, 9.17) is 5.11 Å². The number of aliphatic hydroxyl groups is 1. The van der Waals surface area contributed by atoms with Gasteiger partial charge in [-0.2, -0.15) is 5.10 Å². The van der Waals surface area contributed by atoms with Gasteiger partial charge in [0.15, 0.2) is 5.60 Å². The highest BCUT2D eigenvalue weighted by Crippen LogP contribution is 2.10. The third kappa shape index (κ3) is 4.20. The third-order valence-electron chi connectivity index (χ3n) is 3.71. The van der Waals surface area contributed by atoms with Gasteiger partial charge in [-0.25, -0.2) is 4.79 Å². The number of hydrogen-bond donors (Lipinski definition) is 3. The summed E-state index contributed by atoms with van der Waals surface area (Å²) in [5.41, 5.74) is 1.41. The minimum Gasteiger partial charge on any atom is -0.479 e. The second-order valence-corrected chi connectivity index (χ2v) is 6.04. The Balaban J connectivity index is 2.00. The lowest BCUT2D eigenvalue weighted by atomic mass is 10.1. The van der Waals surface area contributed by atoms with Gasteiger partial charge in [0.1, 0.15) is 0 Å². The van der Waals surface area contributed by atoms with Crippen LogP contribution in [-0.4, -0.2) is 44.0 Å². The number of aliphatic carboxylic acids is 1. The minimum atomic E-state index is -1.99. The lowest BCUT2D eigenvalue weighted by Gasteiger charge is -2.18. The highest BCUT2D eigenvalue weighted by atomic mass is 16.4. The van der Waals surface area contributed by atoms with Crippen LogP contribution in [0.1, 0.15) is 34.2 Å². The smallest absolute Gasteiger partial charge is 0.337 e. The number of rotatable bonds is 6. The number of nitrogens with zero attached hydrogens (tertiary/aromatic N) is 2. The van der Waals surface area contributed by atoms with Crippen molar-refractivity contribution < 1.29 is 19.8 Å². The molecular formula is C17H21N3O4. The van der Waals surface area contributed by atoms with Gasteiger partial charge >= 0.3 is 5.97 Å². The molecule has 1 amide bonds. The topological polar surface area (TPSA) is 104 Å². The first-order valence-corrected chi connectivity index (χ1v) is 7.53. The van der Waals surface area contributed by atoms with Crippen LogP contribution in [-0.2, 0) is 11.3 Å². The number of amides is 1. The van der Waals surface area contributed by atoms with Crippen LogP contribution in [0, 0.1) is 13.8 Å². The summed E-state index contributed by atoms with van der Waals surface area (Å²) in [6.45, 7) is 5.29. The van der Waals surface area contributed by atoms with Gasteiger partial charge in [-0.1, -0.05) is 12.1 Å². The summed E-state index contributed by atoms with van der Waals surface area (Å²) in [6, 6.07) is 8.95. The molecule has 0 saturated carbocycles. The number of carboxylic acid groups (broad SMARTS) is 1. The van der Waals surface area contributed by atoms with Crippen molar-refractivity contribution >= 4 is 11.9 Å². The van der Waals surface area contributed by atoms with Crippen LogP contribution < -0.4 is 5.32 Å². The summed E-state index contributed by atoms with van der Waals surface area (Å²) in [4.78, 5) is 22.8. The molecule has 0 fully saturated rings. The summed E-state index contributed by atoms with van der Waals surface area (Å²) >= 11 is 0. The second kappa shape index (κ2) is 6.84. The average molecular weight is 331 g/mol. The Bertz CT molecular complexity index is 748. The molecular weight excluding hydrogens is 310 g/mol. The standard InChI is InChI=1S/C17H21N3O4/c1-11-8-12(2)20(19-11)9-13-4-6-14(7-5-13)15(21)18-10-17(3,24)16(22)23/h4-8,24H,9-10H2,1-3H3,(H,18,21)(H,22,23). The molecule has 3 N–H and O–H groups in total. The zero-order chi connectivity index (χ0) is 17.9. The number of aromatic nitrogens is 2. The van der Waals surface area contributed by atoms with Crippen LogP contribution in [0.15, 0.2) is 30.3 Å². The molecule has 7 heteroatoms. The normalized spacial score (nSPS) is 13.3. The van der Waals surface area contributed by atoms with Crippen molar-refractivity contribution in [3.63, 3.8) is 0 Å². The Hall–Kier alpha value is -2.67. The average Bonchev–Trinajstić information content (AvgIpc) is 2.83. The minimum absolute atomic E-state index is 0.366. The molecule has 0 aliphatic rings. The Morgan fingerprint density at radius 1 is 1.25 bits per heavy atom. The summed E-state index contributed by atoms with van der Waals surface area (Å²) in [7, 11) is 0. The van der Waals surface area contributed by atoms with Crippen LogP contribution in [0.25, 0.3) is 0 Å². The van der Waals surface area contributed by atoms with Crippen molar-refractivity contribution in [2.75, 3.05) is 6.54 Å². The predicted octanol–water partition coefficient (Wildman–Crippen LogP) is 1.11. The highest BCUT2D eigenvalue weighted by Gasteiger charge is 2.30. The lowest BCUT2D eigenvalue weighted by Crippen LogP contribution is -2.46. The first-order chi connectivity index (χ1) is 11.2. The van der Waals surface area contributed by atoms with Gasteiger partial charge in [-0.3, -0.25) is 9.48 Å². The van der Waals surface area contributed by atoms with Crippen molar-refractivity contribution in [1.82, 2.24) is 15.1 Å². The van der Waals surface area contributed by atoms with Gasteiger partial charge < -0.3 is 15.5 Å². The largest absolute Gasteiger partial charge is 0.479 e. The Morgan fingerprint density at radius 2 is 1.88 bits per heavy atom. The summed E-state index contributed by atoms with van der Waals surface area (Å²) in [5.74, 6) is -1.82. The van der Waals surface area contributed by atoms with Gasteiger partial charge in [-0.05, 0) is 44.5 Å². The Kier molecular flexibility index (Phi) is 5.04. The van der Waals surface area contributed by atoms with Crippen LogP contribution in [0.2, 0.25) is 0 Å². The van der Waals surface area contributed by atoms with Gasteiger partial charge in [0, 0.05) is 11.3 Å². The van der Waals surface area contributed by atoms with E-state index in [1.807, 2.05) is 36.7 Å². The third-order valence-corrected chi connectivity index (χ3v) is 3.71. The number of carbonyl (C=O) groups is 2. The van der Waals surface area contributed by atoms with E-state index in [-0.39, 0.29) is 6.54 Å². The maximum atomic E-state index is 12.0. The van der Waals surface area contributed by atoms with Crippen molar-refractivity contribution in [3.8, 4) is 0 Å². The molecule has 0 saturated heterocycles. The van der Waals surface area contributed by atoms with E-state index in [2.05, 4.69) is 10.4 Å². The molecule has 2 aromatic rings. The molecule has 0 aliphatic heterocycles. The molecule has 1 heterocycles. The van der Waals surface area contributed by atoms with Gasteiger partial charge in [0.05, 0.1) is 18.8 Å². The SMILES string of the molecule is Cc1cc(C)n(Cc2ccc(C(=O)NCC(C)(O)C(=O)O)cc2)n1. The van der Waals surface area contributed by atoms with E-state index in [1.54, 1.807) is 12.1 Å². The number of hydrogen-bond acceptors (Lipinski definition) is 4. The summed E-state index contributed by atoms with van der Waals surface area (Å²) in [6.07, 6.45) is 0. The van der Waals surface area contributed by atoms with Crippen molar-refractivity contribution in [2.24, 2.45) is 0 Å². The highest BCUT2D eigenvalue weighted by molar-refractivity contribution is 5.94. The molecule has 24 heavy (non-hydrogen) atoms. The maximum Gasteiger partial charge on any atom is 0.337 e. The van der Waals surface area contributed by atoms with Crippen molar-refractivity contribution in [2.45, 2.75) is 32.9 Å². The Morgan fingerprint density at radius 3 is 2.38 bits per heavy atom. The lowest BCUT2D eigenvalue weighted by molar-refractivity contribution is -0.155. The van der Waals surface area contributed by atoms with Crippen molar-refractivity contribution in [3.05, 3.63) is 52.8 Å². The molecule has 0 bridgehead atoms. The first-order valence-electron chi connectivity index (χ1n) is 7.53. The molecule has 0 radical (unpaired) electrons. The molecule has 2 rings (SSSR count). The maximum absolute atomic E-state index is 12.0. The molecule has 0 spiro atoms. The van der Waals surface area contributed by atoms with E-state index in [9.17, 15) is 14.7 Å². The quantitative estimate of drug-likeness (QED) is 0.735. The fourth-order valence-electron chi connectivity index (χ4n) is 2.20. The molecule has 1 aromatic heterocycles. The molecule has 128 valence electrons. The molecule has 7 nitrogen and oxygen atoms in total. The monoisotopic (exact) mass is 331 g/mol. The van der Waals surface area contributed by atoms with E-state index in [0.717, 1.165) is 23.9 Å². The molecule has 0 aliphatic carbocycles. The Labute approximate surface area is 139 Å². The van der Waals surface area contributed by atoms with Gasteiger partial charge in [0.25, 0.3) is 5.91 Å². The number of benzene rings is 1. The fraction of sp³-hybridized carbons (Fsp3) is 0.353. The van der Waals surface area contributed by atoms with Gasteiger partial charge in [0.2, 0.25) is 0 Å². The van der Waals surface area contributed by atoms with Crippen LogP contribution in [0.3, 0.4) is 0 Å². The summed E-state index contributed by atoms with van der Waals surface area (Å²) in [5, 5.41) is 25.2. The fourth-order valence-corrected chi connectivity index (χ4v) is 2.20. The van der Waals surface area contributed by atoms with E-state index < -0.39 is 17.5 Å². The molecule has 1 aromatic carbocycles. The van der Waals surface area contributed by atoms with Crippen LogP contribution in [0.5, 0.6) is 0 Å². The molecule has 1 atom stereocenters.